The first-order valence-corrected chi connectivity index (χ1v) is 16.3. The number of hydrogen-bond acceptors (Lipinski definition) is 5. The Hall–Kier alpha value is -2.20. The first kappa shape index (κ1) is 24.5. The molecule has 1 aliphatic carbocycles. The van der Waals surface area contributed by atoms with Crippen molar-refractivity contribution in [3.8, 4) is 11.5 Å². The van der Waals surface area contributed by atoms with Gasteiger partial charge in [-0.2, -0.15) is 5.10 Å². The van der Waals surface area contributed by atoms with Crippen molar-refractivity contribution in [3.63, 3.8) is 0 Å². The van der Waals surface area contributed by atoms with Crippen LogP contribution in [0.15, 0.2) is 24.3 Å². The number of allylic oxidation sites excluding steroid dienone is 1. The average molecular weight is 493 g/mol. The van der Waals surface area contributed by atoms with Gasteiger partial charge in [-0.15, -0.1) is 0 Å². The molecule has 0 spiro atoms. The standard InChI is InChI=1S/C26H37BN4O3Si/c1-25(2)26(3,4)34-27(33-25)18-12-13-22-19(16-18)23(24-28-20-10-8-9-11-21(20)29-24)30-31(22)17-32-14-15-35(5,6)7/h8,10,12-13,16H,9,11,14-15,17H2,1-7H3,(H,28,29). The van der Waals surface area contributed by atoms with Gasteiger partial charge in [0.25, 0.3) is 0 Å². The number of benzene rings is 1. The van der Waals surface area contributed by atoms with E-state index in [9.17, 15) is 0 Å². The summed E-state index contributed by atoms with van der Waals surface area (Å²) in [5.41, 5.74) is 4.20. The Bertz CT molecular complexity index is 1260. The fourth-order valence-electron chi connectivity index (χ4n) is 4.41. The Kier molecular flexibility index (Phi) is 6.11. The lowest BCUT2D eigenvalue weighted by Gasteiger charge is -2.32. The summed E-state index contributed by atoms with van der Waals surface area (Å²) in [6, 6.07) is 7.43. The molecule has 0 bridgehead atoms. The number of ether oxygens (including phenoxy) is 1. The fourth-order valence-corrected chi connectivity index (χ4v) is 5.17. The SMILES string of the molecule is CC1(C)OB(c2ccc3c(c2)c(-c2nc4c([nH]2)CCC=C4)nn3COCC[Si](C)(C)C)OC1(C)C. The van der Waals surface area contributed by atoms with Gasteiger partial charge < -0.3 is 19.0 Å². The Labute approximate surface area is 209 Å². The smallest absolute Gasteiger partial charge is 0.399 e. The van der Waals surface area contributed by atoms with Crippen LogP contribution < -0.4 is 5.46 Å². The maximum Gasteiger partial charge on any atom is 0.494 e. The van der Waals surface area contributed by atoms with Gasteiger partial charge >= 0.3 is 7.12 Å². The maximum absolute atomic E-state index is 6.33. The molecule has 3 aromatic rings. The molecule has 2 aromatic heterocycles. The molecule has 3 heterocycles. The van der Waals surface area contributed by atoms with Crippen molar-refractivity contribution in [1.29, 1.82) is 0 Å². The summed E-state index contributed by atoms with van der Waals surface area (Å²) in [5.74, 6) is 0.790. The van der Waals surface area contributed by atoms with Gasteiger partial charge in [-0.1, -0.05) is 37.8 Å². The number of nitrogens with zero attached hydrogens (tertiary/aromatic N) is 3. The van der Waals surface area contributed by atoms with Gasteiger partial charge in [0.15, 0.2) is 5.82 Å². The molecule has 2 aliphatic rings. The van der Waals surface area contributed by atoms with Gasteiger partial charge in [0.05, 0.1) is 22.4 Å². The highest BCUT2D eigenvalue weighted by Crippen LogP contribution is 2.37. The zero-order valence-corrected chi connectivity index (χ0v) is 23.1. The van der Waals surface area contributed by atoms with Crippen LogP contribution in [0.2, 0.25) is 25.7 Å². The van der Waals surface area contributed by atoms with Gasteiger partial charge in [0.2, 0.25) is 0 Å². The summed E-state index contributed by atoms with van der Waals surface area (Å²) in [4.78, 5) is 8.39. The number of imidazole rings is 1. The van der Waals surface area contributed by atoms with Crippen LogP contribution in [0.1, 0.15) is 45.5 Å². The summed E-state index contributed by atoms with van der Waals surface area (Å²) in [6.07, 6.45) is 6.26. The van der Waals surface area contributed by atoms with Gasteiger partial charge in [-0.25, -0.2) is 9.67 Å². The van der Waals surface area contributed by atoms with E-state index in [1.807, 2.05) is 4.68 Å². The number of nitrogens with one attached hydrogen (secondary N) is 1. The van der Waals surface area contributed by atoms with E-state index in [0.29, 0.717) is 6.73 Å². The largest absolute Gasteiger partial charge is 0.494 e. The predicted octanol–water partition coefficient (Wildman–Crippen LogP) is 5.00. The third-order valence-electron chi connectivity index (χ3n) is 7.38. The molecule has 1 saturated heterocycles. The van der Waals surface area contributed by atoms with Crippen LogP contribution in [-0.2, 0) is 27.2 Å². The van der Waals surface area contributed by atoms with Crippen molar-refractivity contribution in [2.75, 3.05) is 6.61 Å². The second-order valence-electron chi connectivity index (χ2n) is 12.0. The molecule has 35 heavy (non-hydrogen) atoms. The lowest BCUT2D eigenvalue weighted by Crippen LogP contribution is -2.41. The number of fused-ring (bicyclic) bond motifs is 2. The number of aromatic nitrogens is 4. The molecule has 0 amide bonds. The Morgan fingerprint density at radius 3 is 2.57 bits per heavy atom. The van der Waals surface area contributed by atoms with Gasteiger partial charge in [0.1, 0.15) is 12.4 Å². The normalized spacial score (nSPS) is 19.0. The molecule has 1 aromatic carbocycles. The fraction of sp³-hybridized carbons (Fsp3) is 0.538. The van der Waals surface area contributed by atoms with E-state index in [0.717, 1.165) is 59.1 Å². The number of hydrogen-bond donors (Lipinski definition) is 1. The molecule has 0 radical (unpaired) electrons. The second kappa shape index (κ2) is 8.73. The number of aromatic amines is 1. The lowest BCUT2D eigenvalue weighted by atomic mass is 9.78. The lowest BCUT2D eigenvalue weighted by molar-refractivity contribution is 0.00578. The Morgan fingerprint density at radius 1 is 1.14 bits per heavy atom. The van der Waals surface area contributed by atoms with Crippen LogP contribution in [0.5, 0.6) is 0 Å². The van der Waals surface area contributed by atoms with Gasteiger partial charge in [0, 0.05) is 25.8 Å². The van der Waals surface area contributed by atoms with Crippen LogP contribution in [0.3, 0.4) is 0 Å². The van der Waals surface area contributed by atoms with Crippen molar-refractivity contribution < 1.29 is 14.0 Å². The molecule has 0 saturated carbocycles. The van der Waals surface area contributed by atoms with Crippen LogP contribution in [0, 0.1) is 0 Å². The molecule has 0 atom stereocenters. The van der Waals surface area contributed by atoms with Crippen LogP contribution >= 0.6 is 0 Å². The Balaban J connectivity index is 1.51. The summed E-state index contributed by atoms with van der Waals surface area (Å²) in [7, 11) is -1.58. The molecule has 1 aliphatic heterocycles. The molecule has 0 unspecified atom stereocenters. The minimum atomic E-state index is -1.15. The van der Waals surface area contributed by atoms with Crippen molar-refractivity contribution >= 4 is 37.6 Å². The van der Waals surface area contributed by atoms with Crippen LogP contribution in [-0.4, -0.2) is 52.7 Å². The van der Waals surface area contributed by atoms with E-state index in [-0.39, 0.29) is 0 Å². The molecule has 7 nitrogen and oxygen atoms in total. The van der Waals surface area contributed by atoms with Crippen molar-refractivity contribution in [3.05, 3.63) is 35.7 Å². The third-order valence-corrected chi connectivity index (χ3v) is 9.09. The molecular weight excluding hydrogens is 455 g/mol. The van der Waals surface area contributed by atoms with E-state index in [4.69, 9.17) is 24.1 Å². The zero-order valence-electron chi connectivity index (χ0n) is 22.1. The minimum absolute atomic E-state index is 0.393. The highest BCUT2D eigenvalue weighted by atomic mass is 28.3. The number of aryl methyl sites for hydroxylation is 1. The van der Waals surface area contributed by atoms with Crippen molar-refractivity contribution in [2.24, 2.45) is 0 Å². The first-order chi connectivity index (χ1) is 16.4. The molecule has 1 N–H and O–H groups in total. The highest BCUT2D eigenvalue weighted by molar-refractivity contribution is 6.76. The second-order valence-corrected chi connectivity index (χ2v) is 17.6. The van der Waals surface area contributed by atoms with Crippen molar-refractivity contribution in [1.82, 2.24) is 19.7 Å². The molecule has 186 valence electrons. The zero-order chi connectivity index (χ0) is 25.0. The molecule has 9 heteroatoms. The van der Waals surface area contributed by atoms with E-state index < -0.39 is 26.4 Å². The van der Waals surface area contributed by atoms with Crippen LogP contribution in [0.25, 0.3) is 28.5 Å². The maximum atomic E-state index is 6.33. The summed E-state index contributed by atoms with van der Waals surface area (Å²) in [6.45, 7) is 16.6. The topological polar surface area (TPSA) is 74.2 Å². The average Bonchev–Trinajstić information content (AvgIpc) is 3.41. The number of H-pyrrole nitrogens is 1. The monoisotopic (exact) mass is 492 g/mol. The quantitative estimate of drug-likeness (QED) is 0.371. The van der Waals surface area contributed by atoms with E-state index >= 15 is 0 Å². The summed E-state index contributed by atoms with van der Waals surface area (Å²) >= 11 is 0. The van der Waals surface area contributed by atoms with E-state index in [1.165, 1.54) is 5.69 Å². The van der Waals surface area contributed by atoms with Gasteiger partial charge in [-0.3, -0.25) is 0 Å². The third kappa shape index (κ3) is 4.79. The molecular formula is C26H37BN4O3Si. The van der Waals surface area contributed by atoms with E-state index in [2.05, 4.69) is 82.7 Å². The molecule has 1 fully saturated rings. The minimum Gasteiger partial charge on any atom is -0.399 e. The summed E-state index contributed by atoms with van der Waals surface area (Å²) < 4.78 is 20.7. The van der Waals surface area contributed by atoms with Crippen LogP contribution in [0.4, 0.5) is 0 Å². The number of rotatable bonds is 7. The first-order valence-electron chi connectivity index (χ1n) is 12.6. The highest BCUT2D eigenvalue weighted by Gasteiger charge is 2.51. The van der Waals surface area contributed by atoms with E-state index in [1.54, 1.807) is 0 Å². The van der Waals surface area contributed by atoms with Crippen molar-refractivity contribution in [2.45, 2.75) is 84.2 Å². The van der Waals surface area contributed by atoms with Gasteiger partial charge in [-0.05, 0) is 64.2 Å². The molecule has 5 rings (SSSR count). The predicted molar refractivity (Wildman–Crippen MR) is 144 cm³/mol. The Morgan fingerprint density at radius 2 is 1.89 bits per heavy atom. The summed E-state index contributed by atoms with van der Waals surface area (Å²) in [5, 5.41) is 5.98.